The summed E-state index contributed by atoms with van der Waals surface area (Å²) in [6.45, 7) is 0. The number of H-pyrrole nitrogens is 2. The van der Waals surface area contributed by atoms with Crippen LogP contribution < -0.4 is 0 Å². The lowest BCUT2D eigenvalue weighted by atomic mass is 10.2. The normalized spacial score (nSPS) is 11.3. The van der Waals surface area contributed by atoms with Crippen molar-refractivity contribution < 1.29 is 0 Å². The molecule has 0 aliphatic heterocycles. The number of fused-ring (bicyclic) bond motifs is 3. The first kappa shape index (κ1) is 5.83. The molecule has 2 aromatic heterocycles. The van der Waals surface area contributed by atoms with Gasteiger partial charge in [0.2, 0.25) is 0 Å². The monoisotopic (exact) mass is 157 g/mol. The van der Waals surface area contributed by atoms with Gasteiger partial charge in [-0.15, -0.1) is 0 Å². The molecule has 12 heavy (non-hydrogen) atoms. The van der Waals surface area contributed by atoms with Gasteiger partial charge < -0.3 is 9.97 Å². The average Bonchev–Trinajstić information content (AvgIpc) is 2.71. The van der Waals surface area contributed by atoms with E-state index >= 15 is 0 Å². The molecular formula is C9H7N3. The predicted octanol–water partition coefficient (Wildman–Crippen LogP) is 2.04. The third-order valence-corrected chi connectivity index (χ3v) is 2.12. The Bertz CT molecular complexity index is 483. The summed E-state index contributed by atoms with van der Waals surface area (Å²) in [7, 11) is 0. The highest BCUT2D eigenvalue weighted by molar-refractivity contribution is 6.02. The van der Waals surface area contributed by atoms with Gasteiger partial charge in [-0.25, -0.2) is 4.98 Å². The summed E-state index contributed by atoms with van der Waals surface area (Å²) in [6.07, 6.45) is 3.65. The SMILES string of the molecule is c1cc2c(ccc3[nH]cnc32)[nH]1. The van der Waals surface area contributed by atoms with Crippen molar-refractivity contribution in [1.29, 1.82) is 0 Å². The minimum absolute atomic E-state index is 1.04. The molecule has 3 rings (SSSR count). The summed E-state index contributed by atoms with van der Waals surface area (Å²) < 4.78 is 0. The van der Waals surface area contributed by atoms with Crippen molar-refractivity contribution in [2.75, 3.05) is 0 Å². The molecule has 0 atom stereocenters. The summed E-state index contributed by atoms with van der Waals surface area (Å²) in [6, 6.07) is 6.12. The van der Waals surface area contributed by atoms with Crippen molar-refractivity contribution in [2.24, 2.45) is 0 Å². The molecule has 0 amide bonds. The number of aromatic nitrogens is 3. The number of hydrogen-bond acceptors (Lipinski definition) is 1. The van der Waals surface area contributed by atoms with E-state index < -0.39 is 0 Å². The van der Waals surface area contributed by atoms with E-state index in [1.54, 1.807) is 6.33 Å². The van der Waals surface area contributed by atoms with Gasteiger partial charge in [-0.05, 0) is 18.2 Å². The second-order valence-electron chi connectivity index (χ2n) is 2.80. The molecule has 3 heteroatoms. The van der Waals surface area contributed by atoms with Gasteiger partial charge in [0.05, 0.1) is 17.4 Å². The van der Waals surface area contributed by atoms with Crippen LogP contribution in [0.25, 0.3) is 21.9 Å². The van der Waals surface area contributed by atoms with Crippen LogP contribution in [0.5, 0.6) is 0 Å². The van der Waals surface area contributed by atoms with E-state index in [1.807, 2.05) is 18.3 Å². The van der Waals surface area contributed by atoms with Gasteiger partial charge >= 0.3 is 0 Å². The first-order chi connectivity index (χ1) is 5.95. The lowest BCUT2D eigenvalue weighted by Gasteiger charge is -1.89. The smallest absolute Gasteiger partial charge is 0.0976 e. The maximum absolute atomic E-state index is 4.24. The summed E-state index contributed by atoms with van der Waals surface area (Å²) in [5.41, 5.74) is 3.26. The zero-order chi connectivity index (χ0) is 7.97. The van der Waals surface area contributed by atoms with E-state index in [2.05, 4.69) is 21.0 Å². The minimum atomic E-state index is 1.04. The second-order valence-corrected chi connectivity index (χ2v) is 2.80. The lowest BCUT2D eigenvalue weighted by Crippen LogP contribution is -1.70. The molecule has 0 radical (unpaired) electrons. The number of nitrogens with one attached hydrogen (secondary N) is 2. The fraction of sp³-hybridized carbons (Fsp3) is 0. The molecule has 58 valence electrons. The Balaban J connectivity index is 2.71. The molecule has 0 saturated carbocycles. The van der Waals surface area contributed by atoms with Gasteiger partial charge in [-0.1, -0.05) is 0 Å². The Morgan fingerprint density at radius 3 is 2.92 bits per heavy atom. The molecule has 0 saturated heterocycles. The fourth-order valence-electron chi connectivity index (χ4n) is 1.54. The predicted molar refractivity (Wildman–Crippen MR) is 48.0 cm³/mol. The molecule has 0 spiro atoms. The molecule has 0 unspecified atom stereocenters. The highest BCUT2D eigenvalue weighted by atomic mass is 14.9. The molecule has 0 aliphatic carbocycles. The molecule has 3 nitrogen and oxygen atoms in total. The Labute approximate surface area is 68.4 Å². The first-order valence-electron chi connectivity index (χ1n) is 3.84. The third kappa shape index (κ3) is 0.580. The molecule has 0 bridgehead atoms. The largest absolute Gasteiger partial charge is 0.361 e. The Hall–Kier alpha value is -1.77. The second kappa shape index (κ2) is 1.88. The topological polar surface area (TPSA) is 44.5 Å². The van der Waals surface area contributed by atoms with E-state index in [4.69, 9.17) is 0 Å². The Morgan fingerprint density at radius 2 is 1.92 bits per heavy atom. The number of aromatic amines is 2. The van der Waals surface area contributed by atoms with Crippen LogP contribution in [0.1, 0.15) is 0 Å². The van der Waals surface area contributed by atoms with E-state index in [0.717, 1.165) is 16.6 Å². The number of benzene rings is 1. The highest BCUT2D eigenvalue weighted by Gasteiger charge is 2.01. The zero-order valence-electron chi connectivity index (χ0n) is 6.33. The molecule has 3 aromatic rings. The van der Waals surface area contributed by atoms with Crippen LogP contribution in [0.15, 0.2) is 30.7 Å². The molecule has 2 N–H and O–H groups in total. The van der Waals surface area contributed by atoms with Crippen LogP contribution in [0.4, 0.5) is 0 Å². The quantitative estimate of drug-likeness (QED) is 0.515. The lowest BCUT2D eigenvalue weighted by molar-refractivity contribution is 1.35. The van der Waals surface area contributed by atoms with Crippen LogP contribution in [0.2, 0.25) is 0 Å². The van der Waals surface area contributed by atoms with Gasteiger partial charge in [0.25, 0.3) is 0 Å². The summed E-state index contributed by atoms with van der Waals surface area (Å²) in [5.74, 6) is 0. The third-order valence-electron chi connectivity index (χ3n) is 2.12. The summed E-state index contributed by atoms with van der Waals surface area (Å²) >= 11 is 0. The van der Waals surface area contributed by atoms with Crippen molar-refractivity contribution in [2.45, 2.75) is 0 Å². The van der Waals surface area contributed by atoms with Gasteiger partial charge in [-0.2, -0.15) is 0 Å². The summed E-state index contributed by atoms with van der Waals surface area (Å²) in [5, 5.41) is 1.17. The van der Waals surface area contributed by atoms with Crippen molar-refractivity contribution in [3.05, 3.63) is 30.7 Å². The van der Waals surface area contributed by atoms with Crippen molar-refractivity contribution in [3.63, 3.8) is 0 Å². The number of hydrogen-bond donors (Lipinski definition) is 2. The fourth-order valence-corrected chi connectivity index (χ4v) is 1.54. The molecule has 0 fully saturated rings. The van der Waals surface area contributed by atoms with Crippen LogP contribution in [0, 0.1) is 0 Å². The van der Waals surface area contributed by atoms with Crippen LogP contribution in [0.3, 0.4) is 0 Å². The van der Waals surface area contributed by atoms with Gasteiger partial charge in [0.15, 0.2) is 0 Å². The van der Waals surface area contributed by atoms with E-state index in [9.17, 15) is 0 Å². The standard InChI is InChI=1S/C9H7N3/c1-2-8-9(12-5-11-8)6-3-4-10-7(1)6/h1-5,10H,(H,11,12). The number of nitrogens with zero attached hydrogens (tertiary/aromatic N) is 1. The number of imidazole rings is 1. The maximum Gasteiger partial charge on any atom is 0.0976 e. The summed E-state index contributed by atoms with van der Waals surface area (Å²) in [4.78, 5) is 10.5. The van der Waals surface area contributed by atoms with E-state index in [-0.39, 0.29) is 0 Å². The Morgan fingerprint density at radius 1 is 1.00 bits per heavy atom. The van der Waals surface area contributed by atoms with E-state index in [0.29, 0.717) is 0 Å². The van der Waals surface area contributed by atoms with E-state index in [1.165, 1.54) is 5.39 Å². The average molecular weight is 157 g/mol. The first-order valence-corrected chi connectivity index (χ1v) is 3.84. The van der Waals surface area contributed by atoms with Gasteiger partial charge in [0, 0.05) is 17.1 Å². The molecule has 1 aromatic carbocycles. The van der Waals surface area contributed by atoms with Crippen molar-refractivity contribution in [1.82, 2.24) is 15.0 Å². The highest BCUT2D eigenvalue weighted by Crippen LogP contribution is 2.20. The number of rotatable bonds is 0. The molecule has 0 aliphatic rings. The molecule has 2 heterocycles. The van der Waals surface area contributed by atoms with Crippen LogP contribution >= 0.6 is 0 Å². The van der Waals surface area contributed by atoms with Crippen molar-refractivity contribution >= 4 is 21.9 Å². The zero-order valence-corrected chi connectivity index (χ0v) is 6.33. The van der Waals surface area contributed by atoms with Crippen molar-refractivity contribution in [3.8, 4) is 0 Å². The molecular weight excluding hydrogens is 150 g/mol. The van der Waals surface area contributed by atoms with Gasteiger partial charge in [0.1, 0.15) is 0 Å². The minimum Gasteiger partial charge on any atom is -0.361 e. The van der Waals surface area contributed by atoms with Gasteiger partial charge in [-0.3, -0.25) is 0 Å². The maximum atomic E-state index is 4.24. The Kier molecular flexibility index (Phi) is 0.913. The van der Waals surface area contributed by atoms with Crippen LogP contribution in [-0.4, -0.2) is 15.0 Å². The van der Waals surface area contributed by atoms with Crippen LogP contribution in [-0.2, 0) is 0 Å².